The molecular weight excluding hydrogens is 136 g/mol. The van der Waals surface area contributed by atoms with Crippen LogP contribution in [-0.4, -0.2) is 15.8 Å². The number of hydrogen-bond acceptors (Lipinski definition) is 3. The van der Waals surface area contributed by atoms with Gasteiger partial charge in [-0.05, 0) is 0 Å². The van der Waals surface area contributed by atoms with Crippen LogP contribution in [0.15, 0.2) is 0 Å². The third-order valence-electron chi connectivity index (χ3n) is 0. The van der Waals surface area contributed by atoms with Gasteiger partial charge >= 0.3 is 29.6 Å². The van der Waals surface area contributed by atoms with Crippen LogP contribution in [0.1, 0.15) is 0 Å². The van der Waals surface area contributed by atoms with Crippen molar-refractivity contribution >= 4 is 12.4 Å². The van der Waals surface area contributed by atoms with Gasteiger partial charge in [0.25, 0.3) is 5.09 Å². The fourth-order valence-electron chi connectivity index (χ4n) is 0. The first kappa shape index (κ1) is 26.0. The zero-order valence-corrected chi connectivity index (χ0v) is 6.38. The van der Waals surface area contributed by atoms with Crippen molar-refractivity contribution in [3.05, 3.63) is 10.1 Å². The van der Waals surface area contributed by atoms with Crippen molar-refractivity contribution in [1.29, 1.82) is 0 Å². The van der Waals surface area contributed by atoms with Crippen LogP contribution < -0.4 is 29.6 Å². The molecule has 0 bridgehead atoms. The smallest absolute Gasteiger partial charge is 0.870 e. The molecule has 5 nitrogen and oxygen atoms in total. The summed E-state index contributed by atoms with van der Waals surface area (Å²) in [5.74, 6) is 0. The summed E-state index contributed by atoms with van der Waals surface area (Å²) in [4.78, 5) is 8.36. The van der Waals surface area contributed by atoms with E-state index in [2.05, 4.69) is 0 Å². The first-order chi connectivity index (χ1) is 1.73. The maximum atomic E-state index is 8.36. The van der Waals surface area contributed by atoms with Gasteiger partial charge in [0.2, 0.25) is 0 Å². The molecule has 0 aliphatic carbocycles. The standard InChI is InChI=1S/ClH.HNO3.Na.H2O/c;2-1(3)4;;/h1H;(H,2,3,4);;1H2/q;;+1;/p-1. The van der Waals surface area contributed by atoms with Crippen molar-refractivity contribution in [2.75, 3.05) is 0 Å². The minimum Gasteiger partial charge on any atom is -0.870 e. The molecule has 0 aliphatic heterocycles. The minimum absolute atomic E-state index is 0. The van der Waals surface area contributed by atoms with Gasteiger partial charge in [-0.3, -0.25) is 0 Å². The van der Waals surface area contributed by atoms with Crippen molar-refractivity contribution in [3.8, 4) is 0 Å². The van der Waals surface area contributed by atoms with Crippen molar-refractivity contribution in [2.45, 2.75) is 0 Å². The van der Waals surface area contributed by atoms with Crippen molar-refractivity contribution in [1.82, 2.24) is 0 Å². The Kier molecular flexibility index (Phi) is 59.9. The summed E-state index contributed by atoms with van der Waals surface area (Å²) in [6.07, 6.45) is 0. The number of nitrogens with zero attached hydrogens (tertiary/aromatic N) is 1. The molecule has 7 heavy (non-hydrogen) atoms. The molecule has 0 rings (SSSR count). The molecule has 0 spiro atoms. The van der Waals surface area contributed by atoms with E-state index < -0.39 is 5.09 Å². The summed E-state index contributed by atoms with van der Waals surface area (Å²) in [6.45, 7) is 0. The Bertz CT molecular complexity index is 34.7. The zero-order chi connectivity index (χ0) is 3.58. The molecule has 0 unspecified atom stereocenters. The third-order valence-corrected chi connectivity index (χ3v) is 0. The average Bonchev–Trinajstić information content (AvgIpc) is 0.811. The summed E-state index contributed by atoms with van der Waals surface area (Å²) in [7, 11) is 0. The molecule has 0 radical (unpaired) electrons. The average molecular weight is 139 g/mol. The van der Waals surface area contributed by atoms with Crippen LogP contribution in [0.3, 0.4) is 0 Å². The van der Waals surface area contributed by atoms with Crippen LogP contribution in [0, 0.1) is 10.1 Å². The number of hydrogen-bond donors (Lipinski definition) is 1. The van der Waals surface area contributed by atoms with Crippen molar-refractivity contribution in [2.24, 2.45) is 0 Å². The quantitative estimate of drug-likeness (QED) is 0.219. The molecule has 40 valence electrons. The van der Waals surface area contributed by atoms with Gasteiger partial charge in [0.15, 0.2) is 0 Å². The predicted molar refractivity (Wildman–Crippen MR) is 18.0 cm³/mol. The van der Waals surface area contributed by atoms with Gasteiger partial charge in [-0.25, -0.2) is 0 Å². The Morgan fingerprint density at radius 2 is 1.57 bits per heavy atom. The van der Waals surface area contributed by atoms with Gasteiger partial charge in [0.05, 0.1) is 0 Å². The molecule has 7 heteroatoms. The van der Waals surface area contributed by atoms with Crippen LogP contribution in [0.25, 0.3) is 0 Å². The Hall–Kier alpha value is 0.450. The van der Waals surface area contributed by atoms with E-state index in [1.165, 1.54) is 0 Å². The monoisotopic (exact) mass is 139 g/mol. The second kappa shape index (κ2) is 16.1. The van der Waals surface area contributed by atoms with Gasteiger partial charge in [0, 0.05) is 0 Å². The van der Waals surface area contributed by atoms with Crippen molar-refractivity contribution in [3.63, 3.8) is 0 Å². The SMILES string of the molecule is Cl.O=[N+]([O-])O.[Na+].[OH-]. The van der Waals surface area contributed by atoms with Crippen LogP contribution in [0.2, 0.25) is 0 Å². The molecular formula is H3ClNNaO4. The first-order valence-electron chi connectivity index (χ1n) is 0.565. The molecule has 0 aromatic rings. The van der Waals surface area contributed by atoms with Gasteiger partial charge in [-0.15, -0.1) is 22.5 Å². The Morgan fingerprint density at radius 1 is 1.57 bits per heavy atom. The largest absolute Gasteiger partial charge is 1.00 e. The van der Waals surface area contributed by atoms with Crippen LogP contribution in [0.5, 0.6) is 0 Å². The molecule has 0 saturated carbocycles. The second-order valence-electron chi connectivity index (χ2n) is 0.238. The van der Waals surface area contributed by atoms with Gasteiger partial charge in [-0.2, -0.15) is 0 Å². The summed E-state index contributed by atoms with van der Waals surface area (Å²) in [6, 6.07) is 0. The molecule has 0 atom stereocenters. The maximum Gasteiger partial charge on any atom is 1.00 e. The predicted octanol–water partition coefficient (Wildman–Crippen LogP) is -3.10. The molecule has 0 amide bonds. The van der Waals surface area contributed by atoms with Gasteiger partial charge in [-0.1, -0.05) is 0 Å². The van der Waals surface area contributed by atoms with E-state index in [0.29, 0.717) is 0 Å². The summed E-state index contributed by atoms with van der Waals surface area (Å²) >= 11 is 0. The first-order valence-corrected chi connectivity index (χ1v) is 0.565. The molecule has 0 heterocycles. The molecule has 2 N–H and O–H groups in total. The molecule has 0 fully saturated rings. The summed E-state index contributed by atoms with van der Waals surface area (Å²) in [5, 5.41) is 13.6. The summed E-state index contributed by atoms with van der Waals surface area (Å²) < 4.78 is 0. The van der Waals surface area contributed by atoms with Crippen LogP contribution >= 0.6 is 12.4 Å². The number of halogens is 1. The Morgan fingerprint density at radius 3 is 1.57 bits per heavy atom. The topological polar surface area (TPSA) is 93.4 Å². The third kappa shape index (κ3) is 631. The normalized spacial score (nSPS) is 3.43. The van der Waals surface area contributed by atoms with E-state index in [9.17, 15) is 0 Å². The second-order valence-corrected chi connectivity index (χ2v) is 0.238. The van der Waals surface area contributed by atoms with E-state index >= 15 is 0 Å². The molecule has 0 aliphatic rings. The van der Waals surface area contributed by atoms with Gasteiger partial charge in [0.1, 0.15) is 0 Å². The van der Waals surface area contributed by atoms with Gasteiger partial charge < -0.3 is 10.7 Å². The maximum absolute atomic E-state index is 8.36. The van der Waals surface area contributed by atoms with Crippen LogP contribution in [0.4, 0.5) is 0 Å². The van der Waals surface area contributed by atoms with Crippen molar-refractivity contribution < 1.29 is 45.3 Å². The minimum atomic E-state index is -1.50. The van der Waals surface area contributed by atoms with Crippen LogP contribution in [-0.2, 0) is 0 Å². The number of rotatable bonds is 0. The Labute approximate surface area is 67.8 Å². The van der Waals surface area contributed by atoms with E-state index in [4.69, 9.17) is 15.3 Å². The molecule has 0 aromatic heterocycles. The Balaban J connectivity index is -0.0000000150. The summed E-state index contributed by atoms with van der Waals surface area (Å²) in [5.41, 5.74) is 0. The molecule has 0 saturated heterocycles. The van der Waals surface area contributed by atoms with E-state index in [1.807, 2.05) is 0 Å². The fraction of sp³-hybridized carbons (Fsp3) is 0. The zero-order valence-electron chi connectivity index (χ0n) is 3.57. The molecule has 0 aromatic carbocycles. The van der Waals surface area contributed by atoms with E-state index in [1.54, 1.807) is 0 Å². The van der Waals surface area contributed by atoms with E-state index in [0.717, 1.165) is 0 Å². The fourth-order valence-corrected chi connectivity index (χ4v) is 0. The van der Waals surface area contributed by atoms with E-state index in [-0.39, 0.29) is 47.4 Å².